The van der Waals surface area contributed by atoms with E-state index >= 15 is 0 Å². The SMILES string of the molecule is Cc1cccc(C(=O)N(C)c2cccc(C#N)c2)c1F. The van der Waals surface area contributed by atoms with Gasteiger partial charge in [-0.2, -0.15) is 5.26 Å². The summed E-state index contributed by atoms with van der Waals surface area (Å²) in [5.74, 6) is -0.956. The highest BCUT2D eigenvalue weighted by atomic mass is 19.1. The molecule has 0 N–H and O–H groups in total. The molecule has 2 aromatic rings. The molecule has 0 bridgehead atoms. The van der Waals surface area contributed by atoms with E-state index in [1.165, 1.54) is 11.0 Å². The van der Waals surface area contributed by atoms with Crippen LogP contribution >= 0.6 is 0 Å². The van der Waals surface area contributed by atoms with E-state index in [-0.39, 0.29) is 5.56 Å². The van der Waals surface area contributed by atoms with Crippen molar-refractivity contribution in [3.63, 3.8) is 0 Å². The van der Waals surface area contributed by atoms with Gasteiger partial charge >= 0.3 is 0 Å². The van der Waals surface area contributed by atoms with Gasteiger partial charge in [-0.15, -0.1) is 0 Å². The Morgan fingerprint density at radius 3 is 2.65 bits per heavy atom. The van der Waals surface area contributed by atoms with Crippen LogP contribution in [0.5, 0.6) is 0 Å². The molecule has 0 saturated heterocycles. The first kappa shape index (κ1) is 13.8. The number of halogens is 1. The maximum atomic E-state index is 14.0. The first-order valence-electron chi connectivity index (χ1n) is 6.08. The van der Waals surface area contributed by atoms with Gasteiger partial charge in [-0.3, -0.25) is 4.79 Å². The van der Waals surface area contributed by atoms with Crippen LogP contribution in [0.4, 0.5) is 10.1 Å². The Morgan fingerprint density at radius 1 is 1.25 bits per heavy atom. The molecule has 0 fully saturated rings. The highest BCUT2D eigenvalue weighted by Gasteiger charge is 2.18. The van der Waals surface area contributed by atoms with Crippen LogP contribution in [0.25, 0.3) is 0 Å². The van der Waals surface area contributed by atoms with Crippen LogP contribution in [-0.4, -0.2) is 13.0 Å². The van der Waals surface area contributed by atoms with Crippen LogP contribution in [0, 0.1) is 24.1 Å². The molecule has 20 heavy (non-hydrogen) atoms. The Morgan fingerprint density at radius 2 is 1.95 bits per heavy atom. The predicted octanol–water partition coefficient (Wildman–Crippen LogP) is 3.28. The molecule has 0 heterocycles. The molecule has 0 aliphatic heterocycles. The first-order chi connectivity index (χ1) is 9.54. The minimum atomic E-state index is -0.513. The number of hydrogen-bond acceptors (Lipinski definition) is 2. The molecule has 0 saturated carbocycles. The summed E-state index contributed by atoms with van der Waals surface area (Å²) in [5, 5.41) is 8.87. The number of nitriles is 1. The third-order valence-corrected chi connectivity index (χ3v) is 3.09. The van der Waals surface area contributed by atoms with Crippen molar-refractivity contribution in [1.29, 1.82) is 5.26 Å². The predicted molar refractivity (Wildman–Crippen MR) is 75.0 cm³/mol. The zero-order valence-corrected chi connectivity index (χ0v) is 11.2. The third kappa shape index (κ3) is 2.52. The number of carbonyl (C=O) groups is 1. The Bertz CT molecular complexity index is 704. The lowest BCUT2D eigenvalue weighted by Crippen LogP contribution is -2.27. The average Bonchev–Trinajstić information content (AvgIpc) is 2.48. The average molecular weight is 268 g/mol. The number of hydrogen-bond donors (Lipinski definition) is 0. The van der Waals surface area contributed by atoms with Gasteiger partial charge in [-0.25, -0.2) is 4.39 Å². The Kier molecular flexibility index (Phi) is 3.81. The summed E-state index contributed by atoms with van der Waals surface area (Å²) in [6.45, 7) is 1.61. The molecule has 0 spiro atoms. The second-order valence-corrected chi connectivity index (χ2v) is 4.46. The quantitative estimate of drug-likeness (QED) is 0.839. The standard InChI is InChI=1S/C16H13FN2O/c1-11-5-3-8-14(15(11)17)16(20)19(2)13-7-4-6-12(9-13)10-18/h3-9H,1-2H3. The summed E-state index contributed by atoms with van der Waals surface area (Å²) in [5.41, 5.74) is 1.45. The van der Waals surface area contributed by atoms with Crippen molar-refractivity contribution in [2.24, 2.45) is 0 Å². The van der Waals surface area contributed by atoms with Crippen molar-refractivity contribution >= 4 is 11.6 Å². The molecule has 0 unspecified atom stereocenters. The Labute approximate surface area is 116 Å². The van der Waals surface area contributed by atoms with Gasteiger partial charge in [0.05, 0.1) is 17.2 Å². The van der Waals surface area contributed by atoms with E-state index in [1.807, 2.05) is 6.07 Å². The number of rotatable bonds is 2. The lowest BCUT2D eigenvalue weighted by molar-refractivity contribution is 0.0989. The number of amides is 1. The minimum Gasteiger partial charge on any atom is -0.311 e. The lowest BCUT2D eigenvalue weighted by atomic mass is 10.1. The van der Waals surface area contributed by atoms with Gasteiger partial charge in [0, 0.05) is 12.7 Å². The second kappa shape index (κ2) is 5.54. The highest BCUT2D eigenvalue weighted by Crippen LogP contribution is 2.19. The van der Waals surface area contributed by atoms with Gasteiger partial charge in [0.2, 0.25) is 0 Å². The number of anilines is 1. The van der Waals surface area contributed by atoms with E-state index < -0.39 is 11.7 Å². The fourth-order valence-corrected chi connectivity index (χ4v) is 1.89. The van der Waals surface area contributed by atoms with Crippen LogP contribution in [0.2, 0.25) is 0 Å². The number of aryl methyl sites for hydroxylation is 1. The molecule has 0 aromatic heterocycles. The van der Waals surface area contributed by atoms with Crippen molar-refractivity contribution < 1.29 is 9.18 Å². The molecule has 0 radical (unpaired) electrons. The zero-order valence-electron chi connectivity index (χ0n) is 11.2. The molecule has 2 aromatic carbocycles. The van der Waals surface area contributed by atoms with Crippen molar-refractivity contribution in [3.05, 3.63) is 65.0 Å². The summed E-state index contributed by atoms with van der Waals surface area (Å²) < 4.78 is 14.0. The van der Waals surface area contributed by atoms with Crippen LogP contribution in [0.15, 0.2) is 42.5 Å². The third-order valence-electron chi connectivity index (χ3n) is 3.09. The summed E-state index contributed by atoms with van der Waals surface area (Å²) in [6, 6.07) is 13.3. The number of carbonyl (C=O) groups excluding carboxylic acids is 1. The minimum absolute atomic E-state index is 0.0230. The maximum Gasteiger partial charge on any atom is 0.260 e. The molecule has 0 aliphatic carbocycles. The smallest absolute Gasteiger partial charge is 0.260 e. The Hall–Kier alpha value is -2.67. The fraction of sp³-hybridized carbons (Fsp3) is 0.125. The monoisotopic (exact) mass is 268 g/mol. The molecule has 0 atom stereocenters. The van der Waals surface area contributed by atoms with Crippen LogP contribution in [0.1, 0.15) is 21.5 Å². The Balaban J connectivity index is 2.38. The van der Waals surface area contributed by atoms with Crippen molar-refractivity contribution in [2.45, 2.75) is 6.92 Å². The lowest BCUT2D eigenvalue weighted by Gasteiger charge is -2.18. The molecule has 4 heteroatoms. The second-order valence-electron chi connectivity index (χ2n) is 4.46. The zero-order chi connectivity index (χ0) is 14.7. The largest absolute Gasteiger partial charge is 0.311 e. The molecule has 0 aliphatic rings. The maximum absolute atomic E-state index is 14.0. The molecule has 2 rings (SSSR count). The summed E-state index contributed by atoms with van der Waals surface area (Å²) in [6.07, 6.45) is 0. The summed E-state index contributed by atoms with van der Waals surface area (Å²) in [4.78, 5) is 13.7. The van der Waals surface area contributed by atoms with Crippen LogP contribution in [0.3, 0.4) is 0 Å². The first-order valence-corrected chi connectivity index (χ1v) is 6.08. The van der Waals surface area contributed by atoms with E-state index in [1.54, 1.807) is 50.4 Å². The molecular weight excluding hydrogens is 255 g/mol. The molecule has 3 nitrogen and oxygen atoms in total. The molecule has 1 amide bonds. The van der Waals surface area contributed by atoms with Crippen LogP contribution < -0.4 is 4.90 Å². The number of nitrogens with zero attached hydrogens (tertiary/aromatic N) is 2. The summed E-state index contributed by atoms with van der Waals surface area (Å²) >= 11 is 0. The van der Waals surface area contributed by atoms with Crippen molar-refractivity contribution in [3.8, 4) is 6.07 Å². The van der Waals surface area contributed by atoms with Crippen molar-refractivity contribution in [2.75, 3.05) is 11.9 Å². The van der Waals surface area contributed by atoms with Gasteiger partial charge in [-0.1, -0.05) is 18.2 Å². The highest BCUT2D eigenvalue weighted by molar-refractivity contribution is 6.06. The van der Waals surface area contributed by atoms with E-state index in [0.29, 0.717) is 16.8 Å². The van der Waals surface area contributed by atoms with E-state index in [4.69, 9.17) is 5.26 Å². The van der Waals surface area contributed by atoms with Gasteiger partial charge in [0.15, 0.2) is 0 Å². The fourth-order valence-electron chi connectivity index (χ4n) is 1.89. The topological polar surface area (TPSA) is 44.1 Å². The number of benzene rings is 2. The van der Waals surface area contributed by atoms with Gasteiger partial charge in [-0.05, 0) is 36.8 Å². The normalized spacial score (nSPS) is 9.90. The van der Waals surface area contributed by atoms with Crippen LogP contribution in [-0.2, 0) is 0 Å². The van der Waals surface area contributed by atoms with E-state index in [0.717, 1.165) is 0 Å². The van der Waals surface area contributed by atoms with Crippen molar-refractivity contribution in [1.82, 2.24) is 0 Å². The van der Waals surface area contributed by atoms with Gasteiger partial charge < -0.3 is 4.90 Å². The molecule has 100 valence electrons. The van der Waals surface area contributed by atoms with E-state index in [9.17, 15) is 9.18 Å². The summed E-state index contributed by atoms with van der Waals surface area (Å²) in [7, 11) is 1.56. The van der Waals surface area contributed by atoms with E-state index in [2.05, 4.69) is 0 Å². The van der Waals surface area contributed by atoms with Gasteiger partial charge in [0.25, 0.3) is 5.91 Å². The molecular formula is C16H13FN2O. The van der Waals surface area contributed by atoms with Gasteiger partial charge in [0.1, 0.15) is 5.82 Å².